The van der Waals surface area contributed by atoms with E-state index >= 15 is 0 Å². The third-order valence-corrected chi connectivity index (χ3v) is 2.93. The zero-order valence-corrected chi connectivity index (χ0v) is 11.4. The molecule has 6 heteroatoms. The zero-order valence-electron chi connectivity index (χ0n) is 11.4. The molecule has 0 unspecified atom stereocenters. The van der Waals surface area contributed by atoms with E-state index in [1.54, 1.807) is 12.1 Å². The molecule has 0 saturated heterocycles. The lowest BCUT2D eigenvalue weighted by molar-refractivity contribution is -0.134. The van der Waals surface area contributed by atoms with Gasteiger partial charge < -0.3 is 0 Å². The predicted octanol–water partition coefficient (Wildman–Crippen LogP) is 1.80. The average molecular weight is 288 g/mol. The number of ketones is 3. The van der Waals surface area contributed by atoms with Crippen LogP contribution in [0.1, 0.15) is 29.3 Å². The highest BCUT2D eigenvalue weighted by molar-refractivity contribution is 6.40. The quantitative estimate of drug-likeness (QED) is 0.462. The standard InChI is InChI=1S/C15H13FN2O3/c1-10(19)14(20)6-15(21)12-7-17-18(9-12)8-11-2-4-13(16)5-3-11/h2-5,7,9H,6,8H2,1H3. The molecule has 2 rings (SSSR count). The number of benzene rings is 1. The highest BCUT2D eigenvalue weighted by atomic mass is 19.1. The fourth-order valence-electron chi connectivity index (χ4n) is 1.74. The number of nitrogens with zero attached hydrogens (tertiary/aromatic N) is 2. The molecule has 0 radical (unpaired) electrons. The van der Waals surface area contributed by atoms with Crippen molar-refractivity contribution in [2.75, 3.05) is 0 Å². The molecule has 0 bridgehead atoms. The Labute approximate surface area is 120 Å². The predicted molar refractivity (Wildman–Crippen MR) is 72.4 cm³/mol. The summed E-state index contributed by atoms with van der Waals surface area (Å²) in [5.41, 5.74) is 1.10. The smallest absolute Gasteiger partial charge is 0.205 e. The molecule has 108 valence electrons. The maximum atomic E-state index is 12.8. The van der Waals surface area contributed by atoms with Crippen LogP contribution in [-0.2, 0) is 16.1 Å². The minimum Gasteiger partial charge on any atom is -0.294 e. The van der Waals surface area contributed by atoms with Crippen LogP contribution in [0.2, 0.25) is 0 Å². The van der Waals surface area contributed by atoms with Gasteiger partial charge >= 0.3 is 0 Å². The molecule has 0 aliphatic carbocycles. The number of hydrogen-bond donors (Lipinski definition) is 0. The van der Waals surface area contributed by atoms with E-state index in [4.69, 9.17) is 0 Å². The van der Waals surface area contributed by atoms with Crippen LogP contribution in [-0.4, -0.2) is 27.1 Å². The number of halogens is 1. The van der Waals surface area contributed by atoms with Crippen molar-refractivity contribution < 1.29 is 18.8 Å². The largest absolute Gasteiger partial charge is 0.294 e. The first-order valence-corrected chi connectivity index (χ1v) is 6.29. The lowest BCUT2D eigenvalue weighted by atomic mass is 10.1. The molecule has 5 nitrogen and oxygen atoms in total. The molecule has 0 aliphatic heterocycles. The molecule has 0 spiro atoms. The highest BCUT2D eigenvalue weighted by Gasteiger charge is 2.16. The van der Waals surface area contributed by atoms with Gasteiger partial charge in [0.05, 0.1) is 24.7 Å². The van der Waals surface area contributed by atoms with Crippen LogP contribution in [0.5, 0.6) is 0 Å². The zero-order chi connectivity index (χ0) is 15.4. The number of carbonyl (C=O) groups is 3. The molecule has 0 aliphatic rings. The van der Waals surface area contributed by atoms with E-state index < -0.39 is 23.8 Å². The van der Waals surface area contributed by atoms with Gasteiger partial charge in [0.2, 0.25) is 5.78 Å². The summed E-state index contributed by atoms with van der Waals surface area (Å²) in [6.45, 7) is 1.52. The third kappa shape index (κ3) is 3.92. The van der Waals surface area contributed by atoms with Gasteiger partial charge in [0.25, 0.3) is 0 Å². The van der Waals surface area contributed by atoms with E-state index in [1.165, 1.54) is 29.2 Å². The monoisotopic (exact) mass is 288 g/mol. The van der Waals surface area contributed by atoms with E-state index in [1.807, 2.05) is 0 Å². The molecule has 0 saturated carbocycles. The lowest BCUT2D eigenvalue weighted by Gasteiger charge is -2.01. The van der Waals surface area contributed by atoms with Gasteiger partial charge in [0.15, 0.2) is 11.6 Å². The Morgan fingerprint density at radius 2 is 1.86 bits per heavy atom. The fraction of sp³-hybridized carbons (Fsp3) is 0.200. The Bertz CT molecular complexity index is 689. The number of hydrogen-bond acceptors (Lipinski definition) is 4. The van der Waals surface area contributed by atoms with Crippen molar-refractivity contribution in [3.63, 3.8) is 0 Å². The third-order valence-electron chi connectivity index (χ3n) is 2.93. The van der Waals surface area contributed by atoms with Crippen LogP contribution in [0.25, 0.3) is 0 Å². The van der Waals surface area contributed by atoms with Gasteiger partial charge in [0.1, 0.15) is 5.82 Å². The van der Waals surface area contributed by atoms with E-state index in [9.17, 15) is 18.8 Å². The Morgan fingerprint density at radius 3 is 2.48 bits per heavy atom. The molecule has 0 atom stereocenters. The summed E-state index contributed by atoms with van der Waals surface area (Å²) in [5.74, 6) is -2.12. The van der Waals surface area contributed by atoms with Crippen molar-refractivity contribution in [1.29, 1.82) is 0 Å². The van der Waals surface area contributed by atoms with Gasteiger partial charge in [-0.15, -0.1) is 0 Å². The molecule has 0 amide bonds. The van der Waals surface area contributed by atoms with E-state index in [-0.39, 0.29) is 11.4 Å². The number of rotatable bonds is 6. The summed E-state index contributed by atoms with van der Waals surface area (Å²) in [4.78, 5) is 33.8. The maximum Gasteiger partial charge on any atom is 0.205 e. The lowest BCUT2D eigenvalue weighted by Crippen LogP contribution is -2.14. The molecule has 2 aromatic rings. The van der Waals surface area contributed by atoms with Gasteiger partial charge in [-0.05, 0) is 17.7 Å². The van der Waals surface area contributed by atoms with E-state index in [0.717, 1.165) is 12.5 Å². The van der Waals surface area contributed by atoms with Crippen LogP contribution in [0.4, 0.5) is 4.39 Å². The van der Waals surface area contributed by atoms with Gasteiger partial charge in [-0.3, -0.25) is 19.1 Å². The topological polar surface area (TPSA) is 69.0 Å². The van der Waals surface area contributed by atoms with Crippen molar-refractivity contribution >= 4 is 17.3 Å². The van der Waals surface area contributed by atoms with Crippen LogP contribution >= 0.6 is 0 Å². The number of carbonyl (C=O) groups excluding carboxylic acids is 3. The van der Waals surface area contributed by atoms with Crippen LogP contribution in [0, 0.1) is 5.82 Å². The van der Waals surface area contributed by atoms with Crippen molar-refractivity contribution in [2.45, 2.75) is 19.9 Å². The van der Waals surface area contributed by atoms with Crippen molar-refractivity contribution in [3.05, 3.63) is 53.6 Å². The second-order valence-corrected chi connectivity index (χ2v) is 4.63. The molecule has 0 N–H and O–H groups in total. The molecule has 1 heterocycles. The molecular weight excluding hydrogens is 275 g/mol. The van der Waals surface area contributed by atoms with Gasteiger partial charge in [0, 0.05) is 13.1 Å². The van der Waals surface area contributed by atoms with Gasteiger partial charge in [-0.2, -0.15) is 5.10 Å². The number of Topliss-reactive ketones (excluding diaryl/α,β-unsaturated/α-hetero) is 3. The first kappa shape index (κ1) is 14.8. The molecule has 21 heavy (non-hydrogen) atoms. The molecule has 1 aromatic carbocycles. The Kier molecular flexibility index (Phi) is 4.37. The second-order valence-electron chi connectivity index (χ2n) is 4.63. The van der Waals surface area contributed by atoms with Crippen LogP contribution in [0.3, 0.4) is 0 Å². The van der Waals surface area contributed by atoms with Crippen LogP contribution < -0.4 is 0 Å². The summed E-state index contributed by atoms with van der Waals surface area (Å²) in [5, 5.41) is 4.01. The van der Waals surface area contributed by atoms with E-state index in [0.29, 0.717) is 6.54 Å². The minimum absolute atomic E-state index is 0.270. The molecule has 1 aromatic heterocycles. The molecule has 0 fully saturated rings. The Balaban J connectivity index is 2.04. The first-order chi connectivity index (χ1) is 9.95. The fourth-order valence-corrected chi connectivity index (χ4v) is 1.74. The van der Waals surface area contributed by atoms with Gasteiger partial charge in [-0.25, -0.2) is 4.39 Å². The van der Waals surface area contributed by atoms with Crippen LogP contribution in [0.15, 0.2) is 36.7 Å². The normalized spacial score (nSPS) is 10.4. The summed E-state index contributed by atoms with van der Waals surface area (Å²) < 4.78 is 14.3. The summed E-state index contributed by atoms with van der Waals surface area (Å²) >= 11 is 0. The van der Waals surface area contributed by atoms with Crippen molar-refractivity contribution in [3.8, 4) is 0 Å². The second kappa shape index (κ2) is 6.21. The number of aromatic nitrogens is 2. The van der Waals surface area contributed by atoms with Gasteiger partial charge in [-0.1, -0.05) is 12.1 Å². The highest BCUT2D eigenvalue weighted by Crippen LogP contribution is 2.08. The Morgan fingerprint density at radius 1 is 1.19 bits per heavy atom. The minimum atomic E-state index is -0.716. The summed E-state index contributed by atoms with van der Waals surface area (Å²) in [6.07, 6.45) is 2.40. The summed E-state index contributed by atoms with van der Waals surface area (Å²) in [7, 11) is 0. The average Bonchev–Trinajstić information content (AvgIpc) is 2.90. The molecular formula is C15H13FN2O3. The first-order valence-electron chi connectivity index (χ1n) is 6.29. The summed E-state index contributed by atoms with van der Waals surface area (Å²) in [6, 6.07) is 5.93. The van der Waals surface area contributed by atoms with Crippen molar-refractivity contribution in [2.24, 2.45) is 0 Å². The van der Waals surface area contributed by atoms with E-state index in [2.05, 4.69) is 5.10 Å². The SMILES string of the molecule is CC(=O)C(=O)CC(=O)c1cnn(Cc2ccc(F)cc2)c1. The Hall–Kier alpha value is -2.63. The maximum absolute atomic E-state index is 12.8. The van der Waals surface area contributed by atoms with Crippen molar-refractivity contribution in [1.82, 2.24) is 9.78 Å².